The first-order valence-corrected chi connectivity index (χ1v) is 10.5. The zero-order chi connectivity index (χ0) is 21.0. The number of hydrogen-bond donors (Lipinski definition) is 2. The number of ether oxygens (including phenoxy) is 2. The van der Waals surface area contributed by atoms with Crippen LogP contribution in [0.1, 0.15) is 29.5 Å². The van der Waals surface area contributed by atoms with Crippen molar-refractivity contribution in [1.29, 1.82) is 0 Å². The van der Waals surface area contributed by atoms with Gasteiger partial charge in [-0.05, 0) is 46.9 Å². The van der Waals surface area contributed by atoms with Gasteiger partial charge in [-0.2, -0.15) is 0 Å². The number of nitrogens with one attached hydrogen (secondary N) is 2. The molecule has 3 aromatic rings. The van der Waals surface area contributed by atoms with E-state index >= 15 is 0 Å². The molecule has 4 heteroatoms. The molecule has 0 radical (unpaired) electrons. The predicted octanol–water partition coefficient (Wildman–Crippen LogP) is 5.22. The molecule has 0 aromatic heterocycles. The lowest BCUT2D eigenvalue weighted by molar-refractivity contribution is 0.199. The molecule has 3 aromatic carbocycles. The van der Waals surface area contributed by atoms with E-state index in [9.17, 15) is 0 Å². The van der Waals surface area contributed by atoms with Crippen molar-refractivity contribution < 1.29 is 9.47 Å². The van der Waals surface area contributed by atoms with Crippen molar-refractivity contribution >= 4 is 5.69 Å². The minimum atomic E-state index is 0.479. The van der Waals surface area contributed by atoms with Crippen molar-refractivity contribution in [3.8, 4) is 5.75 Å². The summed E-state index contributed by atoms with van der Waals surface area (Å²) in [7, 11) is 1.73. The summed E-state index contributed by atoms with van der Waals surface area (Å²) in [6, 6.07) is 27.2. The number of methoxy groups -OCH3 is 1. The number of benzene rings is 3. The van der Waals surface area contributed by atoms with Crippen LogP contribution in [0.15, 0.2) is 78.9 Å². The molecular weight excluding hydrogens is 372 g/mol. The summed E-state index contributed by atoms with van der Waals surface area (Å²) in [6.45, 7) is 6.22. The molecule has 4 nitrogen and oxygen atoms in total. The topological polar surface area (TPSA) is 42.5 Å². The maximum atomic E-state index is 5.85. The third-order valence-corrected chi connectivity index (χ3v) is 5.08. The van der Waals surface area contributed by atoms with E-state index in [-0.39, 0.29) is 0 Å². The van der Waals surface area contributed by atoms with E-state index in [0.717, 1.165) is 37.7 Å². The van der Waals surface area contributed by atoms with Crippen LogP contribution in [0.3, 0.4) is 0 Å². The van der Waals surface area contributed by atoms with Crippen molar-refractivity contribution in [2.75, 3.05) is 32.1 Å². The van der Waals surface area contributed by atoms with Gasteiger partial charge in [-0.25, -0.2) is 0 Å². The minimum absolute atomic E-state index is 0.479. The van der Waals surface area contributed by atoms with E-state index in [0.29, 0.717) is 12.5 Å². The summed E-state index contributed by atoms with van der Waals surface area (Å²) >= 11 is 0. The van der Waals surface area contributed by atoms with Crippen molar-refractivity contribution in [2.24, 2.45) is 0 Å². The highest BCUT2D eigenvalue weighted by Crippen LogP contribution is 2.19. The van der Waals surface area contributed by atoms with Gasteiger partial charge in [-0.15, -0.1) is 0 Å². The molecule has 0 aliphatic carbocycles. The fraction of sp³-hybridized carbons (Fsp3) is 0.308. The molecule has 30 heavy (non-hydrogen) atoms. The Labute approximate surface area is 180 Å². The highest BCUT2D eigenvalue weighted by Gasteiger charge is 2.05. The molecule has 0 fully saturated rings. The summed E-state index contributed by atoms with van der Waals surface area (Å²) in [5.74, 6) is 1.36. The van der Waals surface area contributed by atoms with Gasteiger partial charge in [-0.3, -0.25) is 0 Å². The molecule has 0 spiro atoms. The minimum Gasteiger partial charge on any atom is -0.489 e. The second kappa shape index (κ2) is 12.0. The Hall–Kier alpha value is -2.82. The molecule has 0 bridgehead atoms. The van der Waals surface area contributed by atoms with Gasteiger partial charge in [0.05, 0.1) is 6.61 Å². The normalized spacial score (nSPS) is 11.8. The molecular formula is C26H32N2O2. The molecule has 2 N–H and O–H groups in total. The highest BCUT2D eigenvalue weighted by atomic mass is 16.5. The second-order valence-electron chi connectivity index (χ2n) is 7.49. The SMILES string of the molecule is COCCNCC(C)c1ccc(CNc2ccc(OCc3ccccc3)cc2)cc1. The van der Waals surface area contributed by atoms with Crippen LogP contribution in [0.4, 0.5) is 5.69 Å². The molecule has 0 amide bonds. The number of rotatable bonds is 12. The molecule has 0 saturated heterocycles. The molecule has 0 heterocycles. The van der Waals surface area contributed by atoms with E-state index in [4.69, 9.17) is 9.47 Å². The van der Waals surface area contributed by atoms with Gasteiger partial charge in [0.25, 0.3) is 0 Å². The molecule has 0 aliphatic heterocycles. The summed E-state index contributed by atoms with van der Waals surface area (Å²) in [5, 5.41) is 6.90. The van der Waals surface area contributed by atoms with Gasteiger partial charge in [-0.1, -0.05) is 61.5 Å². The Balaban J connectivity index is 1.42. The van der Waals surface area contributed by atoms with Gasteiger partial charge in [0, 0.05) is 32.4 Å². The highest BCUT2D eigenvalue weighted by molar-refractivity contribution is 5.47. The summed E-state index contributed by atoms with van der Waals surface area (Å²) < 4.78 is 10.9. The quantitative estimate of drug-likeness (QED) is 0.406. The van der Waals surface area contributed by atoms with Gasteiger partial charge < -0.3 is 20.1 Å². The Morgan fingerprint density at radius 2 is 1.57 bits per heavy atom. The van der Waals surface area contributed by atoms with Gasteiger partial charge in [0.1, 0.15) is 12.4 Å². The van der Waals surface area contributed by atoms with Crippen molar-refractivity contribution in [1.82, 2.24) is 5.32 Å². The maximum absolute atomic E-state index is 5.85. The van der Waals surface area contributed by atoms with Crippen molar-refractivity contribution in [3.63, 3.8) is 0 Å². The van der Waals surface area contributed by atoms with Crippen molar-refractivity contribution in [2.45, 2.75) is 26.0 Å². The van der Waals surface area contributed by atoms with Crippen LogP contribution >= 0.6 is 0 Å². The molecule has 1 atom stereocenters. The van der Waals surface area contributed by atoms with Crippen LogP contribution in [0.5, 0.6) is 5.75 Å². The van der Waals surface area contributed by atoms with Crippen LogP contribution in [-0.4, -0.2) is 26.8 Å². The Morgan fingerprint density at radius 3 is 2.27 bits per heavy atom. The van der Waals surface area contributed by atoms with Gasteiger partial charge >= 0.3 is 0 Å². The monoisotopic (exact) mass is 404 g/mol. The van der Waals surface area contributed by atoms with Crippen LogP contribution in [0.2, 0.25) is 0 Å². The predicted molar refractivity (Wildman–Crippen MR) is 124 cm³/mol. The van der Waals surface area contributed by atoms with Crippen molar-refractivity contribution in [3.05, 3.63) is 95.6 Å². The fourth-order valence-corrected chi connectivity index (χ4v) is 3.19. The largest absolute Gasteiger partial charge is 0.489 e. The average Bonchev–Trinajstić information content (AvgIpc) is 2.81. The first-order valence-electron chi connectivity index (χ1n) is 10.5. The average molecular weight is 405 g/mol. The van der Waals surface area contributed by atoms with E-state index in [1.807, 2.05) is 30.3 Å². The lowest BCUT2D eigenvalue weighted by Crippen LogP contribution is -2.23. The standard InChI is InChI=1S/C26H32N2O2/c1-21(18-27-16-17-29-2)24-10-8-22(9-11-24)19-28-25-12-14-26(15-13-25)30-20-23-6-4-3-5-7-23/h3-15,21,27-28H,16-20H2,1-2H3. The van der Waals surface area contributed by atoms with E-state index in [1.54, 1.807) is 7.11 Å². The van der Waals surface area contributed by atoms with E-state index in [2.05, 4.69) is 66.1 Å². The second-order valence-corrected chi connectivity index (χ2v) is 7.49. The Bertz CT molecular complexity index is 848. The van der Waals surface area contributed by atoms with Crippen LogP contribution < -0.4 is 15.4 Å². The molecule has 3 rings (SSSR count). The van der Waals surface area contributed by atoms with Crippen LogP contribution in [0, 0.1) is 0 Å². The molecule has 158 valence electrons. The smallest absolute Gasteiger partial charge is 0.119 e. The number of hydrogen-bond acceptors (Lipinski definition) is 4. The lowest BCUT2D eigenvalue weighted by atomic mass is 10.00. The van der Waals surface area contributed by atoms with E-state index < -0.39 is 0 Å². The van der Waals surface area contributed by atoms with Gasteiger partial charge in [0.2, 0.25) is 0 Å². The lowest BCUT2D eigenvalue weighted by Gasteiger charge is -2.14. The maximum Gasteiger partial charge on any atom is 0.119 e. The Morgan fingerprint density at radius 1 is 0.833 bits per heavy atom. The fourth-order valence-electron chi connectivity index (χ4n) is 3.19. The zero-order valence-corrected chi connectivity index (χ0v) is 17.9. The zero-order valence-electron chi connectivity index (χ0n) is 17.9. The molecule has 0 saturated carbocycles. The summed E-state index contributed by atoms with van der Waals surface area (Å²) in [6.07, 6.45) is 0. The molecule has 1 unspecified atom stereocenters. The number of anilines is 1. The van der Waals surface area contributed by atoms with E-state index in [1.165, 1.54) is 16.7 Å². The van der Waals surface area contributed by atoms with Gasteiger partial charge in [0.15, 0.2) is 0 Å². The summed E-state index contributed by atoms with van der Waals surface area (Å²) in [4.78, 5) is 0. The molecule has 0 aliphatic rings. The third-order valence-electron chi connectivity index (χ3n) is 5.08. The van der Waals surface area contributed by atoms with Crippen LogP contribution in [-0.2, 0) is 17.9 Å². The summed E-state index contributed by atoms with van der Waals surface area (Å²) in [5.41, 5.74) is 4.87. The van der Waals surface area contributed by atoms with Crippen LogP contribution in [0.25, 0.3) is 0 Å². The first-order chi connectivity index (χ1) is 14.7. The Kier molecular flexibility index (Phi) is 8.76. The third kappa shape index (κ3) is 7.21. The first kappa shape index (κ1) is 21.9.